The molecule has 0 saturated heterocycles. The molecule has 1 aromatic carbocycles. The molecule has 0 N–H and O–H groups in total. The van der Waals surface area contributed by atoms with E-state index in [0.29, 0.717) is 6.04 Å². The van der Waals surface area contributed by atoms with E-state index in [2.05, 4.69) is 31.9 Å². The number of carbonyl (C=O) groups is 1. The van der Waals surface area contributed by atoms with Crippen LogP contribution in [-0.4, -0.2) is 23.9 Å². The van der Waals surface area contributed by atoms with Gasteiger partial charge < -0.3 is 4.90 Å². The quantitative estimate of drug-likeness (QED) is 0.812. The Morgan fingerprint density at radius 2 is 2.07 bits per heavy atom. The second-order valence-electron chi connectivity index (χ2n) is 3.77. The highest BCUT2D eigenvalue weighted by atomic mass is 79.9. The average Bonchev–Trinajstić information content (AvgIpc) is 3.03. The molecule has 0 radical (unpaired) electrons. The maximum Gasteiger partial charge on any atom is 0.255 e. The number of carbonyl (C=O) groups excluding carboxylic acids is 1. The third-order valence-corrected chi connectivity index (χ3v) is 3.76. The Hall–Kier alpha value is -0.350. The minimum absolute atomic E-state index is 0.0886. The lowest BCUT2D eigenvalue weighted by Gasteiger charge is -2.17. The number of hydrogen-bond donors (Lipinski definition) is 0. The summed E-state index contributed by atoms with van der Waals surface area (Å²) in [6.07, 6.45) is 2.27. The van der Waals surface area contributed by atoms with Gasteiger partial charge in [-0.05, 0) is 47.0 Å². The van der Waals surface area contributed by atoms with Crippen LogP contribution in [0.15, 0.2) is 27.1 Å². The zero-order valence-corrected chi connectivity index (χ0v) is 11.5. The first kappa shape index (κ1) is 11.1. The zero-order valence-electron chi connectivity index (χ0n) is 8.34. The van der Waals surface area contributed by atoms with Crippen molar-refractivity contribution >= 4 is 37.8 Å². The molecule has 80 valence electrons. The number of hydrogen-bond acceptors (Lipinski definition) is 1. The Balaban J connectivity index is 2.27. The Morgan fingerprint density at radius 3 is 2.67 bits per heavy atom. The molecule has 0 aromatic heterocycles. The van der Waals surface area contributed by atoms with Gasteiger partial charge in [0.15, 0.2) is 0 Å². The zero-order chi connectivity index (χ0) is 11.0. The minimum Gasteiger partial charge on any atom is -0.339 e. The molecule has 2 rings (SSSR count). The lowest BCUT2D eigenvalue weighted by molar-refractivity contribution is 0.0784. The lowest BCUT2D eigenvalue weighted by Crippen LogP contribution is -2.28. The summed E-state index contributed by atoms with van der Waals surface area (Å²) in [4.78, 5) is 13.9. The van der Waals surface area contributed by atoms with E-state index in [1.165, 1.54) is 0 Å². The minimum atomic E-state index is 0.0886. The topological polar surface area (TPSA) is 20.3 Å². The summed E-state index contributed by atoms with van der Waals surface area (Å²) in [5.41, 5.74) is 0.721. The standard InChI is InChI=1S/C11H11Br2NO/c1-14(8-3-4-8)11(15)9-6-7(12)2-5-10(9)13/h2,5-6,8H,3-4H2,1H3. The fraction of sp³-hybridized carbons (Fsp3) is 0.364. The highest BCUT2D eigenvalue weighted by Crippen LogP contribution is 2.29. The Kier molecular flexibility index (Phi) is 3.16. The molecule has 0 aliphatic heterocycles. The van der Waals surface area contributed by atoms with Crippen LogP contribution in [-0.2, 0) is 0 Å². The molecular weight excluding hydrogens is 322 g/mol. The van der Waals surface area contributed by atoms with Crippen LogP contribution < -0.4 is 0 Å². The van der Waals surface area contributed by atoms with E-state index in [1.807, 2.05) is 30.1 Å². The van der Waals surface area contributed by atoms with Gasteiger partial charge in [-0.25, -0.2) is 0 Å². The lowest BCUT2D eigenvalue weighted by atomic mass is 10.2. The molecule has 2 nitrogen and oxygen atoms in total. The number of benzene rings is 1. The molecule has 0 spiro atoms. The molecular formula is C11H11Br2NO. The second kappa shape index (κ2) is 4.26. The Morgan fingerprint density at radius 1 is 1.40 bits per heavy atom. The third-order valence-electron chi connectivity index (χ3n) is 2.57. The third kappa shape index (κ3) is 2.42. The van der Waals surface area contributed by atoms with Gasteiger partial charge in [0, 0.05) is 22.0 Å². The first-order chi connectivity index (χ1) is 7.09. The SMILES string of the molecule is CN(C(=O)c1cc(Br)ccc1Br)C1CC1. The fourth-order valence-electron chi connectivity index (χ4n) is 1.48. The summed E-state index contributed by atoms with van der Waals surface area (Å²) in [6, 6.07) is 6.10. The molecule has 0 bridgehead atoms. The summed E-state index contributed by atoms with van der Waals surface area (Å²) in [6.45, 7) is 0. The van der Waals surface area contributed by atoms with Crippen molar-refractivity contribution in [2.75, 3.05) is 7.05 Å². The van der Waals surface area contributed by atoms with Crippen LogP contribution in [0.25, 0.3) is 0 Å². The van der Waals surface area contributed by atoms with E-state index in [1.54, 1.807) is 0 Å². The number of rotatable bonds is 2. The van der Waals surface area contributed by atoms with Crippen molar-refractivity contribution in [3.05, 3.63) is 32.7 Å². The van der Waals surface area contributed by atoms with Crippen molar-refractivity contribution in [1.29, 1.82) is 0 Å². The second-order valence-corrected chi connectivity index (χ2v) is 5.54. The maximum atomic E-state index is 12.1. The largest absolute Gasteiger partial charge is 0.339 e. The van der Waals surface area contributed by atoms with Gasteiger partial charge in [0.05, 0.1) is 5.56 Å². The first-order valence-corrected chi connectivity index (χ1v) is 6.40. The highest BCUT2D eigenvalue weighted by molar-refractivity contribution is 9.11. The van der Waals surface area contributed by atoms with Crippen molar-refractivity contribution in [1.82, 2.24) is 4.90 Å². The first-order valence-electron chi connectivity index (χ1n) is 4.82. The molecule has 1 fully saturated rings. The monoisotopic (exact) mass is 331 g/mol. The van der Waals surface area contributed by atoms with Gasteiger partial charge in [-0.3, -0.25) is 4.79 Å². The van der Waals surface area contributed by atoms with Crippen molar-refractivity contribution < 1.29 is 4.79 Å². The van der Waals surface area contributed by atoms with Gasteiger partial charge in [-0.1, -0.05) is 15.9 Å². The Bertz CT molecular complexity index is 402. The average molecular weight is 333 g/mol. The van der Waals surface area contributed by atoms with Crippen molar-refractivity contribution in [3.63, 3.8) is 0 Å². The van der Waals surface area contributed by atoms with Crippen LogP contribution in [0.3, 0.4) is 0 Å². The van der Waals surface area contributed by atoms with Crippen LogP contribution in [0.1, 0.15) is 23.2 Å². The Labute approximate surface area is 106 Å². The van der Waals surface area contributed by atoms with Gasteiger partial charge in [-0.15, -0.1) is 0 Å². The number of halogens is 2. The highest BCUT2D eigenvalue weighted by Gasteiger charge is 2.30. The van der Waals surface area contributed by atoms with Gasteiger partial charge in [0.1, 0.15) is 0 Å². The molecule has 0 heterocycles. The van der Waals surface area contributed by atoms with Crippen LogP contribution in [0, 0.1) is 0 Å². The molecule has 15 heavy (non-hydrogen) atoms. The van der Waals surface area contributed by atoms with E-state index in [0.717, 1.165) is 27.4 Å². The smallest absolute Gasteiger partial charge is 0.255 e. The molecule has 4 heteroatoms. The molecule has 1 saturated carbocycles. The summed E-state index contributed by atoms with van der Waals surface area (Å²) in [5.74, 6) is 0.0886. The number of nitrogens with zero attached hydrogens (tertiary/aromatic N) is 1. The van der Waals surface area contributed by atoms with E-state index in [9.17, 15) is 4.79 Å². The summed E-state index contributed by atoms with van der Waals surface area (Å²) < 4.78 is 1.78. The van der Waals surface area contributed by atoms with E-state index in [-0.39, 0.29) is 5.91 Å². The van der Waals surface area contributed by atoms with Crippen molar-refractivity contribution in [2.45, 2.75) is 18.9 Å². The number of amides is 1. The van der Waals surface area contributed by atoms with Gasteiger partial charge in [0.25, 0.3) is 5.91 Å². The van der Waals surface area contributed by atoms with Gasteiger partial charge in [-0.2, -0.15) is 0 Å². The van der Waals surface area contributed by atoms with E-state index < -0.39 is 0 Å². The van der Waals surface area contributed by atoms with Crippen LogP contribution in [0.5, 0.6) is 0 Å². The molecule has 0 atom stereocenters. The molecule has 1 aliphatic carbocycles. The van der Waals surface area contributed by atoms with Gasteiger partial charge >= 0.3 is 0 Å². The van der Waals surface area contributed by atoms with Crippen molar-refractivity contribution in [3.8, 4) is 0 Å². The predicted octanol–water partition coefficient (Wildman–Crippen LogP) is 3.45. The van der Waals surface area contributed by atoms with Crippen LogP contribution >= 0.6 is 31.9 Å². The molecule has 0 unspecified atom stereocenters. The van der Waals surface area contributed by atoms with E-state index in [4.69, 9.17) is 0 Å². The normalized spacial score (nSPS) is 15.1. The van der Waals surface area contributed by atoms with Crippen molar-refractivity contribution in [2.24, 2.45) is 0 Å². The fourth-order valence-corrected chi connectivity index (χ4v) is 2.26. The molecule has 1 aliphatic rings. The molecule has 1 amide bonds. The summed E-state index contributed by atoms with van der Waals surface area (Å²) in [7, 11) is 1.87. The van der Waals surface area contributed by atoms with E-state index >= 15 is 0 Å². The maximum absolute atomic E-state index is 12.1. The summed E-state index contributed by atoms with van der Waals surface area (Å²) in [5, 5.41) is 0. The predicted molar refractivity (Wildman–Crippen MR) is 67.0 cm³/mol. The van der Waals surface area contributed by atoms with Crippen LogP contribution in [0.4, 0.5) is 0 Å². The summed E-state index contributed by atoms with van der Waals surface area (Å²) >= 11 is 6.78. The van der Waals surface area contributed by atoms with Crippen LogP contribution in [0.2, 0.25) is 0 Å². The van der Waals surface area contributed by atoms with Gasteiger partial charge in [0.2, 0.25) is 0 Å². The molecule has 1 aromatic rings.